The third kappa shape index (κ3) is 8.26. The molecule has 2 rings (SSSR count). The molecule has 0 saturated heterocycles. The number of hydrogen-bond acceptors (Lipinski definition) is 7. The van der Waals surface area contributed by atoms with Crippen LogP contribution in [0.2, 0.25) is 0 Å². The molecule has 7 nitrogen and oxygen atoms in total. The Kier molecular flexibility index (Phi) is 10.4. The number of thiophene rings is 1. The maximum absolute atomic E-state index is 15.6. The molecule has 0 fully saturated rings. The molecule has 0 atom stereocenters. The molecular weight excluding hydrogens is 612 g/mol. The van der Waals surface area contributed by atoms with E-state index in [9.17, 15) is 22.5 Å². The number of benzene rings is 1. The second kappa shape index (κ2) is 12.1. The molecule has 1 aromatic heterocycles. The molecule has 0 aliphatic rings. The lowest BCUT2D eigenvalue weighted by molar-refractivity contribution is -0.136. The third-order valence-corrected chi connectivity index (χ3v) is 9.05. The van der Waals surface area contributed by atoms with E-state index in [4.69, 9.17) is 18.5 Å². The maximum atomic E-state index is 15.6. The summed E-state index contributed by atoms with van der Waals surface area (Å²) in [5.41, 5.74) is -4.82. The lowest BCUT2D eigenvalue weighted by Crippen LogP contribution is -2.27. The molecule has 1 aromatic carbocycles. The van der Waals surface area contributed by atoms with Gasteiger partial charge < -0.3 is 18.5 Å². The number of carbonyl (C=O) groups excluding carboxylic acids is 1. The molecule has 210 valence electrons. The number of ether oxygens (including phenoxy) is 2. The van der Waals surface area contributed by atoms with Gasteiger partial charge in [-0.15, -0.1) is 11.3 Å². The van der Waals surface area contributed by atoms with Crippen LogP contribution in [0.25, 0.3) is 10.1 Å². The zero-order valence-corrected chi connectivity index (χ0v) is 24.1. The highest BCUT2D eigenvalue weighted by atomic mass is 79.9. The highest BCUT2D eigenvalue weighted by Crippen LogP contribution is 2.69. The lowest BCUT2D eigenvalue weighted by Gasteiger charge is -2.25. The normalized spacial score (nSPS) is 13.2. The van der Waals surface area contributed by atoms with Crippen molar-refractivity contribution < 1.29 is 49.8 Å². The second-order valence-electron chi connectivity index (χ2n) is 8.66. The van der Waals surface area contributed by atoms with Gasteiger partial charge in [-0.2, -0.15) is 22.0 Å². The first-order valence-electron chi connectivity index (χ1n) is 11.2. The Bertz CT molecular complexity index is 1140. The highest BCUT2D eigenvalue weighted by Gasteiger charge is 2.57. The van der Waals surface area contributed by atoms with E-state index in [0.717, 1.165) is 0 Å². The molecule has 0 aliphatic carbocycles. The summed E-state index contributed by atoms with van der Waals surface area (Å²) in [6, 6.07) is 2.64. The standard InChI is InChI=1S/C22H28BrF5NO6PS/c1-6-33-36(31,34-7-2)22(27,28)18-16(23)14-11-13(29-19(30)35-20(3,4)5)12-15(17(14)37-18)32-10-8-9-21(24,25)26/h11-12H,6-10H2,1-5H3,(H,29,30). The minimum absolute atomic E-state index is 0.0545. The summed E-state index contributed by atoms with van der Waals surface area (Å²) >= 11 is 3.64. The molecular formula is C22H28BrF5NO6PS. The first-order valence-corrected chi connectivity index (χ1v) is 14.3. The largest absolute Gasteiger partial charge is 0.492 e. The quantitative estimate of drug-likeness (QED) is 0.150. The lowest BCUT2D eigenvalue weighted by atomic mass is 10.2. The van der Waals surface area contributed by atoms with Crippen molar-refractivity contribution in [3.63, 3.8) is 0 Å². The third-order valence-electron chi connectivity index (χ3n) is 4.42. The van der Waals surface area contributed by atoms with Crippen LogP contribution in [-0.4, -0.2) is 37.7 Å². The Morgan fingerprint density at radius 2 is 1.68 bits per heavy atom. The molecule has 1 heterocycles. The van der Waals surface area contributed by atoms with Crippen LogP contribution in [0.15, 0.2) is 16.6 Å². The number of fused-ring (bicyclic) bond motifs is 1. The molecule has 0 saturated carbocycles. The van der Waals surface area contributed by atoms with Crippen LogP contribution in [-0.2, 0) is 24.0 Å². The van der Waals surface area contributed by atoms with E-state index in [1.807, 2.05) is 0 Å². The van der Waals surface area contributed by atoms with Crippen molar-refractivity contribution in [2.45, 2.75) is 64.9 Å². The molecule has 15 heteroatoms. The van der Waals surface area contributed by atoms with E-state index < -0.39 is 42.4 Å². The molecule has 0 spiro atoms. The zero-order valence-electron chi connectivity index (χ0n) is 20.8. The maximum Gasteiger partial charge on any atom is 0.412 e. The van der Waals surface area contributed by atoms with Crippen molar-refractivity contribution in [3.05, 3.63) is 21.5 Å². The number of anilines is 1. The summed E-state index contributed by atoms with van der Waals surface area (Å²) in [4.78, 5) is 11.6. The van der Waals surface area contributed by atoms with Gasteiger partial charge in [0.1, 0.15) is 16.2 Å². The average molecular weight is 640 g/mol. The summed E-state index contributed by atoms with van der Waals surface area (Å²) in [6.07, 6.45) is -6.72. The zero-order chi connectivity index (χ0) is 28.2. The van der Waals surface area contributed by atoms with Gasteiger partial charge in [0.15, 0.2) is 0 Å². The number of alkyl halides is 5. The molecule has 0 aliphatic heterocycles. The summed E-state index contributed by atoms with van der Waals surface area (Å²) in [7, 11) is -4.95. The molecule has 1 amide bonds. The van der Waals surface area contributed by atoms with Crippen LogP contribution in [0.5, 0.6) is 5.75 Å². The van der Waals surface area contributed by atoms with Crippen molar-refractivity contribution in [2.24, 2.45) is 0 Å². The van der Waals surface area contributed by atoms with E-state index in [0.29, 0.717) is 11.3 Å². The van der Waals surface area contributed by atoms with E-state index in [-0.39, 0.29) is 52.2 Å². The Morgan fingerprint density at radius 1 is 1.08 bits per heavy atom. The molecule has 0 radical (unpaired) electrons. The number of amides is 1. The highest BCUT2D eigenvalue weighted by molar-refractivity contribution is 9.10. The molecule has 2 aromatic rings. The average Bonchev–Trinajstić information content (AvgIpc) is 3.06. The van der Waals surface area contributed by atoms with Gasteiger partial charge in [0.2, 0.25) is 0 Å². The van der Waals surface area contributed by atoms with Gasteiger partial charge in [0.05, 0.1) is 24.5 Å². The Hall–Kier alpha value is -1.47. The SMILES string of the molecule is CCOP(=O)(OCC)C(F)(F)c1sc2c(OCCCC(F)(F)F)cc(NC(=O)OC(C)(C)C)cc2c1Br. The smallest absolute Gasteiger partial charge is 0.412 e. The van der Waals surface area contributed by atoms with E-state index in [1.165, 1.54) is 26.0 Å². The van der Waals surface area contributed by atoms with Crippen molar-refractivity contribution >= 4 is 56.7 Å². The summed E-state index contributed by atoms with van der Waals surface area (Å²) in [5.74, 6) is -0.0545. The van der Waals surface area contributed by atoms with Crippen LogP contribution < -0.4 is 10.1 Å². The topological polar surface area (TPSA) is 83.1 Å². The van der Waals surface area contributed by atoms with Crippen LogP contribution in [0.3, 0.4) is 0 Å². The predicted molar refractivity (Wildman–Crippen MR) is 135 cm³/mol. The Labute approximate surface area is 223 Å². The van der Waals surface area contributed by atoms with Crippen LogP contribution in [0.1, 0.15) is 52.3 Å². The number of halogens is 6. The first kappa shape index (κ1) is 31.7. The van der Waals surface area contributed by atoms with Gasteiger partial charge in [-0.25, -0.2) is 4.79 Å². The summed E-state index contributed by atoms with van der Waals surface area (Å²) in [5, 5.41) is 2.60. The molecule has 0 unspecified atom stereocenters. The van der Waals surface area contributed by atoms with Gasteiger partial charge in [-0.05, 0) is 63.0 Å². The Balaban J connectivity index is 2.58. The van der Waals surface area contributed by atoms with Crippen molar-refractivity contribution in [1.29, 1.82) is 0 Å². The minimum atomic E-state index is -4.95. The fraction of sp³-hybridized carbons (Fsp3) is 0.591. The van der Waals surface area contributed by atoms with Gasteiger partial charge in [-0.3, -0.25) is 9.88 Å². The number of hydrogen-bond donors (Lipinski definition) is 1. The van der Waals surface area contributed by atoms with E-state index in [2.05, 4.69) is 21.2 Å². The Morgan fingerprint density at radius 3 is 2.19 bits per heavy atom. The number of carbonyl (C=O) groups is 1. The van der Waals surface area contributed by atoms with Crippen LogP contribution >= 0.6 is 34.9 Å². The second-order valence-corrected chi connectivity index (χ2v) is 12.6. The molecule has 0 bridgehead atoms. The van der Waals surface area contributed by atoms with E-state index >= 15 is 8.78 Å². The fourth-order valence-electron chi connectivity index (χ4n) is 3.05. The van der Waals surface area contributed by atoms with Crippen LogP contribution in [0, 0.1) is 0 Å². The molecule has 37 heavy (non-hydrogen) atoms. The number of rotatable bonds is 11. The monoisotopic (exact) mass is 639 g/mol. The van der Waals surface area contributed by atoms with Crippen molar-refractivity contribution in [2.75, 3.05) is 25.1 Å². The van der Waals surface area contributed by atoms with Crippen molar-refractivity contribution in [3.8, 4) is 5.75 Å². The minimum Gasteiger partial charge on any atom is -0.492 e. The van der Waals surface area contributed by atoms with Gasteiger partial charge >= 0.3 is 25.5 Å². The first-order chi connectivity index (χ1) is 16.9. The fourth-order valence-corrected chi connectivity index (χ4v) is 7.07. The summed E-state index contributed by atoms with van der Waals surface area (Å²) in [6.45, 7) is 6.74. The van der Waals surface area contributed by atoms with Crippen molar-refractivity contribution in [1.82, 2.24) is 0 Å². The molecule has 1 N–H and O–H groups in total. The van der Waals surface area contributed by atoms with Gasteiger partial charge in [0, 0.05) is 28.0 Å². The number of nitrogens with one attached hydrogen (secondary N) is 1. The van der Waals surface area contributed by atoms with Gasteiger partial charge in [-0.1, -0.05) is 0 Å². The predicted octanol–water partition coefficient (Wildman–Crippen LogP) is 9.05. The van der Waals surface area contributed by atoms with Gasteiger partial charge in [0.25, 0.3) is 0 Å². The van der Waals surface area contributed by atoms with E-state index in [1.54, 1.807) is 20.8 Å². The summed E-state index contributed by atoms with van der Waals surface area (Å²) < 4.78 is 102. The van der Waals surface area contributed by atoms with Crippen LogP contribution in [0.4, 0.5) is 32.4 Å².